The Labute approximate surface area is 187 Å². The molecule has 170 valence electrons. The van der Waals surface area contributed by atoms with Crippen LogP contribution in [0.4, 0.5) is 5.69 Å². The van der Waals surface area contributed by atoms with Crippen molar-refractivity contribution >= 4 is 23.6 Å². The second-order valence-corrected chi connectivity index (χ2v) is 8.09. The van der Waals surface area contributed by atoms with Gasteiger partial charge in [-0.15, -0.1) is 0 Å². The number of benzene rings is 2. The fourth-order valence-corrected chi connectivity index (χ4v) is 2.52. The lowest BCUT2D eigenvalue weighted by Crippen LogP contribution is -2.29. The highest BCUT2D eigenvalue weighted by Gasteiger charge is 2.17. The molecule has 0 bridgehead atoms. The third-order valence-corrected chi connectivity index (χ3v) is 4.11. The highest BCUT2D eigenvalue weighted by atomic mass is 16.6. The van der Waals surface area contributed by atoms with E-state index in [1.54, 1.807) is 30.3 Å². The lowest BCUT2D eigenvalue weighted by Gasteiger charge is -2.12. The summed E-state index contributed by atoms with van der Waals surface area (Å²) in [4.78, 5) is 35.8. The van der Waals surface area contributed by atoms with Gasteiger partial charge in [-0.25, -0.2) is 4.79 Å². The number of nitro benzene ring substituents is 1. The molecule has 0 spiro atoms. The number of rotatable bonds is 10. The minimum absolute atomic E-state index is 0.104. The van der Waals surface area contributed by atoms with Gasteiger partial charge in [0.2, 0.25) is 0 Å². The minimum atomic E-state index is -0.726. The van der Waals surface area contributed by atoms with E-state index in [1.165, 1.54) is 24.3 Å². The summed E-state index contributed by atoms with van der Waals surface area (Å²) in [6.07, 6.45) is 1.35. The third kappa shape index (κ3) is 7.86. The topological polar surface area (TPSA) is 108 Å². The summed E-state index contributed by atoms with van der Waals surface area (Å²) < 4.78 is 10.9. The molecule has 0 unspecified atom stereocenters. The van der Waals surface area contributed by atoms with Crippen molar-refractivity contribution < 1.29 is 24.0 Å². The van der Waals surface area contributed by atoms with Crippen molar-refractivity contribution in [3.05, 3.63) is 75.5 Å². The molecule has 8 nitrogen and oxygen atoms in total. The molecule has 0 aliphatic carbocycles. The Morgan fingerprint density at radius 2 is 1.69 bits per heavy atom. The maximum absolute atomic E-state index is 12.7. The number of amides is 1. The average molecular weight is 440 g/mol. The van der Waals surface area contributed by atoms with Crippen LogP contribution in [0.25, 0.3) is 6.08 Å². The molecule has 0 aliphatic heterocycles. The van der Waals surface area contributed by atoms with Crippen molar-refractivity contribution in [2.24, 2.45) is 11.8 Å². The van der Waals surface area contributed by atoms with E-state index in [2.05, 4.69) is 5.32 Å². The predicted octanol–water partition coefficient (Wildman–Crippen LogP) is 4.60. The van der Waals surface area contributed by atoms with Gasteiger partial charge in [-0.05, 0) is 47.7 Å². The summed E-state index contributed by atoms with van der Waals surface area (Å²) in [5.74, 6) is -0.128. The van der Waals surface area contributed by atoms with E-state index < -0.39 is 16.8 Å². The number of nitrogens with zero attached hydrogens (tertiary/aromatic N) is 1. The van der Waals surface area contributed by atoms with Gasteiger partial charge in [-0.3, -0.25) is 14.9 Å². The largest absolute Gasteiger partial charge is 0.493 e. The summed E-state index contributed by atoms with van der Waals surface area (Å²) in [6.45, 7) is 8.58. The van der Waals surface area contributed by atoms with Crippen molar-refractivity contribution in [3.63, 3.8) is 0 Å². The summed E-state index contributed by atoms with van der Waals surface area (Å²) in [5.41, 5.74) is 0.463. The summed E-state index contributed by atoms with van der Waals surface area (Å²) in [7, 11) is 0. The third-order valence-electron chi connectivity index (χ3n) is 4.11. The quantitative estimate of drug-likeness (QED) is 0.250. The lowest BCUT2D eigenvalue weighted by molar-refractivity contribution is -0.384. The standard InChI is InChI=1S/C24H28N2O6/c1-16(2)14-31-21-10-8-19(9-11-21)23(27)25-22(24(28)32-15-17(3)4)13-18-6-5-7-20(12-18)26(29)30/h5-13,16-17H,14-15H2,1-4H3,(H,25,27). The maximum atomic E-state index is 12.7. The van der Waals surface area contributed by atoms with Gasteiger partial charge in [0.1, 0.15) is 11.4 Å². The van der Waals surface area contributed by atoms with Crippen LogP contribution in [0.5, 0.6) is 5.75 Å². The average Bonchev–Trinajstić information content (AvgIpc) is 2.76. The Hall–Kier alpha value is -3.68. The molecular formula is C24H28N2O6. The molecule has 0 aliphatic rings. The van der Waals surface area contributed by atoms with Crippen molar-refractivity contribution in [2.75, 3.05) is 13.2 Å². The monoisotopic (exact) mass is 440 g/mol. The van der Waals surface area contributed by atoms with Gasteiger partial charge in [0.25, 0.3) is 11.6 Å². The molecular weight excluding hydrogens is 412 g/mol. The van der Waals surface area contributed by atoms with Gasteiger partial charge >= 0.3 is 5.97 Å². The number of nitro groups is 1. The van der Waals surface area contributed by atoms with Crippen molar-refractivity contribution in [1.29, 1.82) is 0 Å². The Balaban J connectivity index is 2.24. The molecule has 0 aromatic heterocycles. The number of esters is 1. The highest BCUT2D eigenvalue weighted by Crippen LogP contribution is 2.17. The molecule has 0 fully saturated rings. The molecule has 0 atom stereocenters. The summed E-state index contributed by atoms with van der Waals surface area (Å²) in [6, 6.07) is 12.3. The number of hydrogen-bond acceptors (Lipinski definition) is 6. The molecule has 0 heterocycles. The first kappa shape index (κ1) is 24.6. The Morgan fingerprint density at radius 1 is 1.03 bits per heavy atom. The second-order valence-electron chi connectivity index (χ2n) is 8.09. The maximum Gasteiger partial charge on any atom is 0.354 e. The van der Waals surface area contributed by atoms with Crippen LogP contribution in [0.1, 0.15) is 43.6 Å². The molecule has 1 amide bonds. The first-order valence-electron chi connectivity index (χ1n) is 10.3. The highest BCUT2D eigenvalue weighted by molar-refractivity contribution is 6.03. The Kier molecular flexibility index (Phi) is 8.95. The van der Waals surface area contributed by atoms with Crippen LogP contribution in [0, 0.1) is 22.0 Å². The minimum Gasteiger partial charge on any atom is -0.493 e. The molecule has 0 saturated carbocycles. The lowest BCUT2D eigenvalue weighted by atomic mass is 10.1. The zero-order valence-corrected chi connectivity index (χ0v) is 18.7. The Bertz CT molecular complexity index is 980. The zero-order chi connectivity index (χ0) is 23.7. The molecule has 2 rings (SSSR count). The van der Waals surface area contributed by atoms with E-state index in [9.17, 15) is 19.7 Å². The molecule has 32 heavy (non-hydrogen) atoms. The van der Waals surface area contributed by atoms with Gasteiger partial charge in [0, 0.05) is 17.7 Å². The summed E-state index contributed by atoms with van der Waals surface area (Å²) in [5, 5.41) is 13.6. The van der Waals surface area contributed by atoms with E-state index in [1.807, 2.05) is 27.7 Å². The molecule has 2 aromatic carbocycles. The van der Waals surface area contributed by atoms with Gasteiger partial charge < -0.3 is 14.8 Å². The first-order valence-corrected chi connectivity index (χ1v) is 10.3. The van der Waals surface area contributed by atoms with Crippen LogP contribution in [0.3, 0.4) is 0 Å². The SMILES string of the molecule is CC(C)COC(=O)C(=Cc1cccc([N+](=O)[O-])c1)NC(=O)c1ccc(OCC(C)C)cc1. The smallest absolute Gasteiger partial charge is 0.354 e. The number of hydrogen-bond donors (Lipinski definition) is 1. The molecule has 1 N–H and O–H groups in total. The van der Waals surface area contributed by atoms with E-state index in [-0.39, 0.29) is 23.9 Å². The van der Waals surface area contributed by atoms with Gasteiger partial charge in [0.15, 0.2) is 0 Å². The number of nitrogens with one attached hydrogen (secondary N) is 1. The van der Waals surface area contributed by atoms with Crippen LogP contribution in [0.2, 0.25) is 0 Å². The van der Waals surface area contributed by atoms with Gasteiger partial charge in [-0.2, -0.15) is 0 Å². The van der Waals surface area contributed by atoms with Gasteiger partial charge in [-0.1, -0.05) is 39.8 Å². The Morgan fingerprint density at radius 3 is 2.28 bits per heavy atom. The van der Waals surface area contributed by atoms with Crippen LogP contribution in [0.15, 0.2) is 54.2 Å². The van der Waals surface area contributed by atoms with Gasteiger partial charge in [0.05, 0.1) is 18.1 Å². The van der Waals surface area contributed by atoms with Crippen molar-refractivity contribution in [2.45, 2.75) is 27.7 Å². The van der Waals surface area contributed by atoms with Crippen LogP contribution in [-0.2, 0) is 9.53 Å². The molecule has 8 heteroatoms. The number of ether oxygens (including phenoxy) is 2. The van der Waals surface area contributed by atoms with E-state index in [0.29, 0.717) is 29.4 Å². The van der Waals surface area contributed by atoms with Crippen LogP contribution < -0.4 is 10.1 Å². The van der Waals surface area contributed by atoms with Crippen molar-refractivity contribution in [1.82, 2.24) is 5.32 Å². The normalized spacial score (nSPS) is 11.4. The van der Waals surface area contributed by atoms with Crippen LogP contribution >= 0.6 is 0 Å². The van der Waals surface area contributed by atoms with E-state index in [4.69, 9.17) is 9.47 Å². The second kappa shape index (κ2) is 11.6. The fraction of sp³-hybridized carbons (Fsp3) is 0.333. The predicted molar refractivity (Wildman–Crippen MR) is 121 cm³/mol. The number of carbonyl (C=O) groups excluding carboxylic acids is 2. The van der Waals surface area contributed by atoms with Crippen LogP contribution in [-0.4, -0.2) is 30.0 Å². The molecule has 2 aromatic rings. The fourth-order valence-electron chi connectivity index (χ4n) is 2.52. The van der Waals surface area contributed by atoms with E-state index in [0.717, 1.165) is 0 Å². The number of non-ortho nitro benzene ring substituents is 1. The van der Waals surface area contributed by atoms with E-state index >= 15 is 0 Å². The first-order chi connectivity index (χ1) is 15.2. The number of carbonyl (C=O) groups is 2. The zero-order valence-electron chi connectivity index (χ0n) is 18.7. The molecule has 0 radical (unpaired) electrons. The molecule has 0 saturated heterocycles. The summed E-state index contributed by atoms with van der Waals surface area (Å²) >= 11 is 0. The van der Waals surface area contributed by atoms with Crippen molar-refractivity contribution in [3.8, 4) is 5.75 Å².